The predicted molar refractivity (Wildman–Crippen MR) is 39.9 cm³/mol. The molecule has 4 heteroatoms. The summed E-state index contributed by atoms with van der Waals surface area (Å²) in [5.41, 5.74) is 5.38. The van der Waals surface area contributed by atoms with Crippen molar-refractivity contribution in [2.75, 3.05) is 0 Å². The Morgan fingerprint density at radius 2 is 2.30 bits per heavy atom. The fourth-order valence-corrected chi connectivity index (χ4v) is 0.509. The molecule has 0 saturated heterocycles. The second kappa shape index (κ2) is 4.98. The fourth-order valence-electron chi connectivity index (χ4n) is 0.509. The third kappa shape index (κ3) is 2.89. The monoisotopic (exact) mass is 162 g/mol. The van der Waals surface area contributed by atoms with Crippen molar-refractivity contribution < 1.29 is 4.79 Å². The Morgan fingerprint density at radius 3 is 2.60 bits per heavy atom. The van der Waals surface area contributed by atoms with Gasteiger partial charge in [0, 0.05) is 12.4 Å². The molecule has 0 aliphatic rings. The molecule has 0 aromatic carbocycles. The van der Waals surface area contributed by atoms with Gasteiger partial charge in [-0.15, -0.1) is 0 Å². The first-order valence-electron chi connectivity index (χ1n) is 2.50. The molecular weight excluding hydrogens is 155 g/mol. The van der Waals surface area contributed by atoms with Crippen molar-refractivity contribution in [3.63, 3.8) is 0 Å². The van der Waals surface area contributed by atoms with E-state index >= 15 is 0 Å². The van der Waals surface area contributed by atoms with Crippen LogP contribution in [0.4, 0.5) is 0 Å². The summed E-state index contributed by atoms with van der Waals surface area (Å²) in [6.07, 6.45) is 3.02. The van der Waals surface area contributed by atoms with Gasteiger partial charge in [-0.2, -0.15) is 0 Å². The third-order valence-corrected chi connectivity index (χ3v) is 0.946. The molecule has 1 amide bonds. The Labute approximate surface area is 101 Å². The molecule has 0 unspecified atom stereocenters. The van der Waals surface area contributed by atoms with Gasteiger partial charge in [0.05, 0.1) is 5.56 Å². The SMILES string of the molecule is NC(=O)c1cccnc1.[KH]. The van der Waals surface area contributed by atoms with E-state index in [2.05, 4.69) is 4.98 Å². The van der Waals surface area contributed by atoms with E-state index in [-0.39, 0.29) is 51.4 Å². The van der Waals surface area contributed by atoms with E-state index in [1.807, 2.05) is 0 Å². The average molecular weight is 162 g/mol. The van der Waals surface area contributed by atoms with Crippen LogP contribution in [0.3, 0.4) is 0 Å². The van der Waals surface area contributed by atoms with Crippen molar-refractivity contribution in [2.45, 2.75) is 0 Å². The molecular formula is C6H7KN2O. The number of hydrogen-bond acceptors (Lipinski definition) is 2. The molecule has 0 aliphatic carbocycles. The van der Waals surface area contributed by atoms with E-state index in [0.29, 0.717) is 5.56 Å². The van der Waals surface area contributed by atoms with Crippen molar-refractivity contribution in [1.29, 1.82) is 0 Å². The van der Waals surface area contributed by atoms with Crippen molar-refractivity contribution in [1.82, 2.24) is 4.98 Å². The summed E-state index contributed by atoms with van der Waals surface area (Å²) in [4.78, 5) is 14.1. The number of carbonyl (C=O) groups is 1. The zero-order chi connectivity index (χ0) is 6.69. The van der Waals surface area contributed by atoms with E-state index in [0.717, 1.165) is 0 Å². The van der Waals surface area contributed by atoms with Crippen LogP contribution in [0.2, 0.25) is 0 Å². The van der Waals surface area contributed by atoms with Crippen molar-refractivity contribution in [3.05, 3.63) is 30.1 Å². The van der Waals surface area contributed by atoms with Gasteiger partial charge in [0.2, 0.25) is 5.91 Å². The molecule has 0 fully saturated rings. The predicted octanol–water partition coefficient (Wildman–Crippen LogP) is -0.468. The van der Waals surface area contributed by atoms with E-state index < -0.39 is 5.91 Å². The second-order valence-corrected chi connectivity index (χ2v) is 1.61. The summed E-state index contributed by atoms with van der Waals surface area (Å²) in [5, 5.41) is 0. The first-order valence-corrected chi connectivity index (χ1v) is 2.50. The summed E-state index contributed by atoms with van der Waals surface area (Å²) >= 11 is 0. The van der Waals surface area contributed by atoms with Gasteiger partial charge in [-0.1, -0.05) is 0 Å². The van der Waals surface area contributed by atoms with Crippen LogP contribution < -0.4 is 5.73 Å². The van der Waals surface area contributed by atoms with Crippen molar-refractivity contribution in [2.24, 2.45) is 5.73 Å². The number of hydrogen-bond donors (Lipinski definition) is 1. The number of aromatic nitrogens is 1. The van der Waals surface area contributed by atoms with Crippen LogP contribution in [0.1, 0.15) is 10.4 Å². The number of nitrogens with two attached hydrogens (primary N) is 1. The molecule has 0 spiro atoms. The Kier molecular flexibility index (Phi) is 5.11. The van der Waals surface area contributed by atoms with Gasteiger partial charge >= 0.3 is 51.4 Å². The van der Waals surface area contributed by atoms with Gasteiger partial charge in [-0.05, 0) is 12.1 Å². The maximum atomic E-state index is 10.4. The van der Waals surface area contributed by atoms with Crippen LogP contribution in [0.5, 0.6) is 0 Å². The molecule has 1 aromatic rings. The number of pyridine rings is 1. The third-order valence-electron chi connectivity index (χ3n) is 0.946. The number of amides is 1. The van der Waals surface area contributed by atoms with Gasteiger partial charge in [-0.3, -0.25) is 9.78 Å². The molecule has 0 radical (unpaired) electrons. The quantitative estimate of drug-likeness (QED) is 0.568. The van der Waals surface area contributed by atoms with Crippen molar-refractivity contribution in [3.8, 4) is 0 Å². The Hall–Kier alpha value is 0.256. The molecule has 1 rings (SSSR count). The number of rotatable bonds is 1. The molecule has 10 heavy (non-hydrogen) atoms. The maximum absolute atomic E-state index is 10.4. The zero-order valence-corrected chi connectivity index (χ0v) is 4.74. The standard InChI is InChI=1S/C6H6N2O.K.H/c7-6(9)5-2-1-3-8-4-5;;/h1-4H,(H2,7,9);;. The van der Waals surface area contributed by atoms with E-state index in [4.69, 9.17) is 5.73 Å². The van der Waals surface area contributed by atoms with Crippen LogP contribution >= 0.6 is 0 Å². The molecule has 3 nitrogen and oxygen atoms in total. The van der Waals surface area contributed by atoms with Gasteiger partial charge < -0.3 is 5.73 Å². The average Bonchev–Trinajstić information content (AvgIpc) is 1.90. The number of primary amides is 1. The second-order valence-electron chi connectivity index (χ2n) is 1.61. The minimum atomic E-state index is -0.442. The number of carbonyl (C=O) groups excluding carboxylic acids is 1. The van der Waals surface area contributed by atoms with Gasteiger partial charge in [0.1, 0.15) is 0 Å². The zero-order valence-electron chi connectivity index (χ0n) is 4.74. The number of nitrogens with zero attached hydrogens (tertiary/aromatic N) is 1. The van der Waals surface area contributed by atoms with Gasteiger partial charge in [-0.25, -0.2) is 0 Å². The molecule has 0 saturated carbocycles. The molecule has 1 aromatic heterocycles. The van der Waals surface area contributed by atoms with Crippen molar-refractivity contribution >= 4 is 57.3 Å². The van der Waals surface area contributed by atoms with Crippen LogP contribution in [-0.4, -0.2) is 62.3 Å². The van der Waals surface area contributed by atoms with Crippen LogP contribution in [0.15, 0.2) is 24.5 Å². The minimum absolute atomic E-state index is 0. The summed E-state index contributed by atoms with van der Waals surface area (Å²) in [6.45, 7) is 0. The van der Waals surface area contributed by atoms with E-state index in [1.54, 1.807) is 18.3 Å². The van der Waals surface area contributed by atoms with Crippen LogP contribution in [-0.2, 0) is 0 Å². The molecule has 2 N–H and O–H groups in total. The Bertz CT molecular complexity index is 212. The normalized spacial score (nSPS) is 8.00. The topological polar surface area (TPSA) is 56.0 Å². The molecule has 48 valence electrons. The van der Waals surface area contributed by atoms with Crippen LogP contribution in [0, 0.1) is 0 Å². The van der Waals surface area contributed by atoms with Gasteiger partial charge in [0.15, 0.2) is 0 Å². The summed E-state index contributed by atoms with van der Waals surface area (Å²) in [5.74, 6) is -0.442. The Balaban J connectivity index is 0.000000810. The van der Waals surface area contributed by atoms with Crippen LogP contribution in [0.25, 0.3) is 0 Å². The van der Waals surface area contributed by atoms with E-state index in [1.165, 1.54) is 6.20 Å². The summed E-state index contributed by atoms with van der Waals surface area (Å²) in [7, 11) is 0. The molecule has 0 aliphatic heterocycles. The van der Waals surface area contributed by atoms with E-state index in [9.17, 15) is 4.79 Å². The fraction of sp³-hybridized carbons (Fsp3) is 0. The Morgan fingerprint density at radius 1 is 1.60 bits per heavy atom. The first kappa shape index (κ1) is 10.3. The summed E-state index contributed by atoms with van der Waals surface area (Å²) in [6, 6.07) is 3.29. The molecule has 0 atom stereocenters. The van der Waals surface area contributed by atoms with Gasteiger partial charge in [0.25, 0.3) is 0 Å². The summed E-state index contributed by atoms with van der Waals surface area (Å²) < 4.78 is 0. The molecule has 1 heterocycles. The first-order chi connectivity index (χ1) is 4.30. The molecule has 0 bridgehead atoms.